The van der Waals surface area contributed by atoms with Crippen LogP contribution in [0.4, 0.5) is 4.79 Å². The van der Waals surface area contributed by atoms with Crippen LogP contribution in [0.5, 0.6) is 0 Å². The number of rotatable bonds is 3. The quantitative estimate of drug-likeness (QED) is 0.596. The molecule has 0 aromatic rings. The minimum Gasteiger partial charge on any atom is -0.450 e. The maximum absolute atomic E-state index is 9.91. The molecule has 0 spiro atoms. The van der Waals surface area contributed by atoms with Gasteiger partial charge in [0, 0.05) is 0 Å². The first-order valence-corrected chi connectivity index (χ1v) is 3.10. The van der Waals surface area contributed by atoms with E-state index in [1.165, 1.54) is 0 Å². The van der Waals surface area contributed by atoms with Crippen molar-refractivity contribution < 1.29 is 14.6 Å². The van der Waals surface area contributed by atoms with Crippen LogP contribution < -0.4 is 0 Å². The Morgan fingerprint density at radius 1 is 1.56 bits per heavy atom. The second-order valence-electron chi connectivity index (χ2n) is 1.82. The van der Waals surface area contributed by atoms with E-state index >= 15 is 0 Å². The molecule has 3 nitrogen and oxygen atoms in total. The molecule has 0 radical (unpaired) electrons. The Bertz CT molecular complexity index is 86.3. The van der Waals surface area contributed by atoms with Gasteiger partial charge in [-0.05, 0) is 12.8 Å². The Kier molecular flexibility index (Phi) is 3.84. The molecule has 0 unspecified atom stereocenters. The molecule has 0 aromatic carbocycles. The first-order chi connectivity index (χ1) is 4.20. The van der Waals surface area contributed by atoms with E-state index in [2.05, 4.69) is 4.74 Å². The highest BCUT2D eigenvalue weighted by Gasteiger charge is 2.06. The van der Waals surface area contributed by atoms with Gasteiger partial charge in [-0.3, -0.25) is 0 Å². The maximum atomic E-state index is 9.91. The van der Waals surface area contributed by atoms with Gasteiger partial charge in [0.15, 0.2) is 0 Å². The van der Waals surface area contributed by atoms with E-state index in [0.717, 1.165) is 12.8 Å². The van der Waals surface area contributed by atoms with Crippen LogP contribution in [-0.2, 0) is 4.74 Å². The highest BCUT2D eigenvalue weighted by atomic mass is 16.7. The molecule has 0 aliphatic rings. The van der Waals surface area contributed by atoms with Crippen LogP contribution in [0, 0.1) is 0 Å². The van der Waals surface area contributed by atoms with E-state index in [0.29, 0.717) is 0 Å². The number of hydrogen-bond donors (Lipinski definition) is 1. The number of hydrogen-bond acceptors (Lipinski definition) is 2. The van der Waals surface area contributed by atoms with Gasteiger partial charge in [-0.1, -0.05) is 13.8 Å². The molecule has 0 atom stereocenters. The smallest absolute Gasteiger partial charge is 0.450 e. The third-order valence-corrected chi connectivity index (χ3v) is 1.18. The van der Waals surface area contributed by atoms with E-state index in [1.807, 2.05) is 13.8 Å². The lowest BCUT2D eigenvalue weighted by Gasteiger charge is -2.09. The molecular formula is C6H12O3. The monoisotopic (exact) mass is 132 g/mol. The predicted molar refractivity (Wildman–Crippen MR) is 33.5 cm³/mol. The summed E-state index contributed by atoms with van der Waals surface area (Å²) in [6.07, 6.45) is 0.206. The molecule has 0 aromatic heterocycles. The standard InChI is InChI=1S/C6H12O3/c1-3-5(4-2)9-6(7)8/h5H,3-4H2,1-2H3,(H,7,8). The molecule has 0 aliphatic carbocycles. The van der Waals surface area contributed by atoms with Crippen molar-refractivity contribution in [3.05, 3.63) is 0 Å². The van der Waals surface area contributed by atoms with Crippen molar-refractivity contribution in [2.45, 2.75) is 32.8 Å². The van der Waals surface area contributed by atoms with Crippen molar-refractivity contribution in [3.63, 3.8) is 0 Å². The Labute approximate surface area is 54.6 Å². The molecule has 9 heavy (non-hydrogen) atoms. The summed E-state index contributed by atoms with van der Waals surface area (Å²) in [5.74, 6) is 0. The van der Waals surface area contributed by atoms with Gasteiger partial charge in [-0.15, -0.1) is 0 Å². The third-order valence-electron chi connectivity index (χ3n) is 1.18. The van der Waals surface area contributed by atoms with Gasteiger partial charge < -0.3 is 9.84 Å². The van der Waals surface area contributed by atoms with Crippen LogP contribution in [0.2, 0.25) is 0 Å². The lowest BCUT2D eigenvalue weighted by molar-refractivity contribution is 0.0486. The molecular weight excluding hydrogens is 120 g/mol. The topological polar surface area (TPSA) is 46.5 Å². The van der Waals surface area contributed by atoms with Gasteiger partial charge in [-0.2, -0.15) is 0 Å². The fourth-order valence-corrected chi connectivity index (χ4v) is 0.598. The summed E-state index contributed by atoms with van der Waals surface area (Å²) in [4.78, 5) is 9.91. The first kappa shape index (κ1) is 8.27. The van der Waals surface area contributed by atoms with Crippen LogP contribution in [0.1, 0.15) is 26.7 Å². The third kappa shape index (κ3) is 3.82. The van der Waals surface area contributed by atoms with Crippen LogP contribution in [-0.4, -0.2) is 17.4 Å². The number of carboxylic acid groups (broad SMARTS) is 1. The summed E-state index contributed by atoms with van der Waals surface area (Å²) in [5.41, 5.74) is 0. The van der Waals surface area contributed by atoms with Gasteiger partial charge >= 0.3 is 6.16 Å². The number of carbonyl (C=O) groups is 1. The fraction of sp³-hybridized carbons (Fsp3) is 0.833. The lowest BCUT2D eigenvalue weighted by atomic mass is 10.2. The highest BCUT2D eigenvalue weighted by Crippen LogP contribution is 2.01. The van der Waals surface area contributed by atoms with Crippen LogP contribution >= 0.6 is 0 Å². The SMILES string of the molecule is CCC(CC)OC(=O)O. The summed E-state index contributed by atoms with van der Waals surface area (Å²) in [5, 5.41) is 8.12. The van der Waals surface area contributed by atoms with Gasteiger partial charge in [0.2, 0.25) is 0 Å². The lowest BCUT2D eigenvalue weighted by Crippen LogP contribution is -2.14. The summed E-state index contributed by atoms with van der Waals surface area (Å²) in [7, 11) is 0. The Balaban J connectivity index is 3.43. The maximum Gasteiger partial charge on any atom is 0.506 e. The molecule has 3 heteroatoms. The van der Waals surface area contributed by atoms with Crippen molar-refractivity contribution in [3.8, 4) is 0 Å². The average Bonchev–Trinajstić information content (AvgIpc) is 1.82. The molecule has 0 saturated carbocycles. The fourth-order valence-electron chi connectivity index (χ4n) is 0.598. The van der Waals surface area contributed by atoms with E-state index in [9.17, 15) is 4.79 Å². The van der Waals surface area contributed by atoms with Crippen molar-refractivity contribution >= 4 is 6.16 Å². The molecule has 54 valence electrons. The second-order valence-corrected chi connectivity index (χ2v) is 1.82. The van der Waals surface area contributed by atoms with Gasteiger partial charge in [0.25, 0.3) is 0 Å². The van der Waals surface area contributed by atoms with E-state index < -0.39 is 6.16 Å². The largest absolute Gasteiger partial charge is 0.506 e. The second kappa shape index (κ2) is 4.18. The Morgan fingerprint density at radius 2 is 2.00 bits per heavy atom. The van der Waals surface area contributed by atoms with Crippen molar-refractivity contribution in [2.24, 2.45) is 0 Å². The van der Waals surface area contributed by atoms with Crippen molar-refractivity contribution in [1.82, 2.24) is 0 Å². The summed E-state index contributed by atoms with van der Waals surface area (Å²) >= 11 is 0. The van der Waals surface area contributed by atoms with Crippen molar-refractivity contribution in [1.29, 1.82) is 0 Å². The number of ether oxygens (including phenoxy) is 1. The van der Waals surface area contributed by atoms with Crippen LogP contribution in [0.25, 0.3) is 0 Å². The summed E-state index contributed by atoms with van der Waals surface area (Å²) in [6.45, 7) is 3.80. The minimum atomic E-state index is -1.18. The minimum absolute atomic E-state index is 0.123. The molecule has 1 N–H and O–H groups in total. The average molecular weight is 132 g/mol. The highest BCUT2D eigenvalue weighted by molar-refractivity contribution is 5.57. The van der Waals surface area contributed by atoms with Crippen LogP contribution in [0.3, 0.4) is 0 Å². The van der Waals surface area contributed by atoms with E-state index in [1.54, 1.807) is 0 Å². The van der Waals surface area contributed by atoms with E-state index in [4.69, 9.17) is 5.11 Å². The predicted octanol–water partition coefficient (Wildman–Crippen LogP) is 1.87. The Hall–Kier alpha value is -0.730. The first-order valence-electron chi connectivity index (χ1n) is 3.10. The zero-order chi connectivity index (χ0) is 7.28. The van der Waals surface area contributed by atoms with Crippen molar-refractivity contribution in [2.75, 3.05) is 0 Å². The molecule has 0 saturated heterocycles. The molecule has 0 bridgehead atoms. The van der Waals surface area contributed by atoms with E-state index in [-0.39, 0.29) is 6.10 Å². The van der Waals surface area contributed by atoms with Gasteiger partial charge in [-0.25, -0.2) is 4.79 Å². The molecule has 0 aliphatic heterocycles. The Morgan fingerprint density at radius 3 is 2.11 bits per heavy atom. The molecule has 0 fully saturated rings. The zero-order valence-corrected chi connectivity index (χ0v) is 5.76. The zero-order valence-electron chi connectivity index (χ0n) is 5.76. The summed E-state index contributed by atoms with van der Waals surface area (Å²) < 4.78 is 4.47. The summed E-state index contributed by atoms with van der Waals surface area (Å²) in [6, 6.07) is 0. The normalized spacial score (nSPS) is 9.67. The van der Waals surface area contributed by atoms with Gasteiger partial charge in [0.1, 0.15) is 6.10 Å². The molecule has 0 amide bonds. The van der Waals surface area contributed by atoms with Crippen LogP contribution in [0.15, 0.2) is 0 Å². The molecule has 0 rings (SSSR count). The van der Waals surface area contributed by atoms with Gasteiger partial charge in [0.05, 0.1) is 0 Å². The molecule has 0 heterocycles.